The van der Waals surface area contributed by atoms with Crippen molar-refractivity contribution >= 4 is 11.6 Å². The Morgan fingerprint density at radius 3 is 2.31 bits per heavy atom. The van der Waals surface area contributed by atoms with Gasteiger partial charge in [-0.1, -0.05) is 35.9 Å². The Bertz CT molecular complexity index is 796. The maximum atomic E-state index is 10.4. The number of aliphatic hydroxyl groups excluding tert-OH is 3. The van der Waals surface area contributed by atoms with E-state index in [4.69, 9.17) is 25.8 Å². The molecule has 1 fully saturated rings. The van der Waals surface area contributed by atoms with E-state index in [2.05, 4.69) is 0 Å². The lowest BCUT2D eigenvalue weighted by Gasteiger charge is -2.40. The molecule has 29 heavy (non-hydrogen) atoms. The van der Waals surface area contributed by atoms with Crippen molar-refractivity contribution in [1.82, 2.24) is 0 Å². The van der Waals surface area contributed by atoms with Gasteiger partial charge < -0.3 is 29.5 Å². The molecule has 0 bridgehead atoms. The van der Waals surface area contributed by atoms with Crippen molar-refractivity contribution in [2.75, 3.05) is 13.2 Å². The summed E-state index contributed by atoms with van der Waals surface area (Å²) in [6.07, 6.45) is -5.27. The first-order valence-corrected chi connectivity index (χ1v) is 10.1. The summed E-state index contributed by atoms with van der Waals surface area (Å²) in [4.78, 5) is 0. The number of halogens is 1. The summed E-state index contributed by atoms with van der Waals surface area (Å²) < 4.78 is 16.6. The fourth-order valence-electron chi connectivity index (χ4n) is 3.42. The van der Waals surface area contributed by atoms with Crippen molar-refractivity contribution in [2.45, 2.75) is 51.0 Å². The molecular formula is C22H27ClO6. The molecule has 158 valence electrons. The normalized spacial score (nSPS) is 27.0. The average molecular weight is 423 g/mol. The van der Waals surface area contributed by atoms with E-state index in [1.54, 1.807) is 19.1 Å². The van der Waals surface area contributed by atoms with Gasteiger partial charge in [0.15, 0.2) is 6.29 Å². The Balaban J connectivity index is 1.82. The first kappa shape index (κ1) is 22.0. The number of ether oxygens (including phenoxy) is 3. The highest BCUT2D eigenvalue weighted by molar-refractivity contribution is 6.31. The molecule has 2 aromatic carbocycles. The van der Waals surface area contributed by atoms with Gasteiger partial charge in [-0.05, 0) is 55.2 Å². The van der Waals surface area contributed by atoms with E-state index in [0.717, 1.165) is 16.9 Å². The standard InChI is InChI=1S/C22H27ClO6/c1-3-27-16-8-5-13(6-9-16)11-15-12-14(7-10-17(15)23)21-19(25)18(24)20(26)22(29-21)28-4-2/h5-10,12,18-22,24-26H,3-4,11H2,1-2H3/t18-,19-,20+,21+,22+/m1/s1. The van der Waals surface area contributed by atoms with E-state index < -0.39 is 30.7 Å². The third-order valence-corrected chi connectivity index (χ3v) is 5.30. The molecule has 3 rings (SSSR count). The molecule has 1 aliphatic rings. The van der Waals surface area contributed by atoms with Crippen LogP contribution in [0.1, 0.15) is 36.6 Å². The molecule has 0 saturated carbocycles. The third kappa shape index (κ3) is 5.09. The van der Waals surface area contributed by atoms with E-state index >= 15 is 0 Å². The largest absolute Gasteiger partial charge is 0.494 e. The van der Waals surface area contributed by atoms with Gasteiger partial charge in [0.25, 0.3) is 0 Å². The van der Waals surface area contributed by atoms with Crippen molar-refractivity contribution < 1.29 is 29.5 Å². The maximum Gasteiger partial charge on any atom is 0.186 e. The lowest BCUT2D eigenvalue weighted by Crippen LogP contribution is -2.54. The van der Waals surface area contributed by atoms with E-state index in [1.807, 2.05) is 37.3 Å². The van der Waals surface area contributed by atoms with Crippen LogP contribution in [0.2, 0.25) is 5.02 Å². The van der Waals surface area contributed by atoms with Crippen molar-refractivity contribution in [2.24, 2.45) is 0 Å². The molecule has 1 saturated heterocycles. The van der Waals surface area contributed by atoms with Crippen molar-refractivity contribution in [3.05, 3.63) is 64.2 Å². The van der Waals surface area contributed by atoms with Gasteiger partial charge in [-0.2, -0.15) is 0 Å². The zero-order valence-electron chi connectivity index (χ0n) is 16.5. The number of rotatable bonds is 7. The highest BCUT2D eigenvalue weighted by Gasteiger charge is 2.44. The van der Waals surface area contributed by atoms with Crippen LogP contribution in [-0.2, 0) is 15.9 Å². The molecule has 0 radical (unpaired) electrons. The second-order valence-corrected chi connectivity index (χ2v) is 7.36. The summed E-state index contributed by atoms with van der Waals surface area (Å²) in [6.45, 7) is 4.62. The van der Waals surface area contributed by atoms with Crippen molar-refractivity contribution in [3.8, 4) is 5.75 Å². The molecule has 3 N–H and O–H groups in total. The summed E-state index contributed by atoms with van der Waals surface area (Å²) in [5, 5.41) is 31.3. The van der Waals surface area contributed by atoms with Crippen LogP contribution in [0.5, 0.6) is 5.75 Å². The van der Waals surface area contributed by atoms with Crippen LogP contribution < -0.4 is 4.74 Å². The summed E-state index contributed by atoms with van der Waals surface area (Å²) in [5.41, 5.74) is 2.57. The van der Waals surface area contributed by atoms with Crippen LogP contribution in [0.4, 0.5) is 0 Å². The van der Waals surface area contributed by atoms with Gasteiger partial charge in [0, 0.05) is 11.6 Å². The topological polar surface area (TPSA) is 88.4 Å². The second kappa shape index (κ2) is 9.89. The molecule has 6 nitrogen and oxygen atoms in total. The highest BCUT2D eigenvalue weighted by atomic mass is 35.5. The fraction of sp³-hybridized carbons (Fsp3) is 0.455. The molecule has 2 aromatic rings. The van der Waals surface area contributed by atoms with Crippen molar-refractivity contribution in [1.29, 1.82) is 0 Å². The van der Waals surface area contributed by atoms with Gasteiger partial charge >= 0.3 is 0 Å². The third-order valence-electron chi connectivity index (χ3n) is 4.93. The van der Waals surface area contributed by atoms with Crippen LogP contribution in [0, 0.1) is 0 Å². The summed E-state index contributed by atoms with van der Waals surface area (Å²) in [5.74, 6) is 0.810. The van der Waals surface area contributed by atoms with Crippen LogP contribution >= 0.6 is 11.6 Å². The molecule has 1 aliphatic heterocycles. The Hall–Kier alpha value is -1.67. The number of aliphatic hydroxyl groups is 3. The Kier molecular flexibility index (Phi) is 7.51. The number of hydrogen-bond acceptors (Lipinski definition) is 6. The minimum atomic E-state index is -1.38. The van der Waals surface area contributed by atoms with Crippen LogP contribution in [-0.4, -0.2) is 53.1 Å². The Morgan fingerprint density at radius 1 is 0.931 bits per heavy atom. The van der Waals surface area contributed by atoms with Gasteiger partial charge in [-0.3, -0.25) is 0 Å². The van der Waals surface area contributed by atoms with Crippen LogP contribution in [0.15, 0.2) is 42.5 Å². The summed E-state index contributed by atoms with van der Waals surface area (Å²) in [6, 6.07) is 13.1. The van der Waals surface area contributed by atoms with Gasteiger partial charge in [0.1, 0.15) is 30.2 Å². The van der Waals surface area contributed by atoms with E-state index in [0.29, 0.717) is 30.2 Å². The molecule has 0 amide bonds. The van der Waals surface area contributed by atoms with E-state index in [9.17, 15) is 15.3 Å². The molecule has 5 atom stereocenters. The maximum absolute atomic E-state index is 10.4. The van der Waals surface area contributed by atoms with Gasteiger partial charge in [-0.25, -0.2) is 0 Å². The number of hydrogen-bond donors (Lipinski definition) is 3. The monoisotopic (exact) mass is 422 g/mol. The lowest BCUT2D eigenvalue weighted by atomic mass is 9.92. The molecule has 0 aliphatic carbocycles. The molecular weight excluding hydrogens is 396 g/mol. The minimum absolute atomic E-state index is 0.306. The minimum Gasteiger partial charge on any atom is -0.494 e. The predicted octanol–water partition coefficient (Wildman–Crippen LogP) is 2.85. The lowest BCUT2D eigenvalue weighted by molar-refractivity contribution is -0.298. The fourth-order valence-corrected chi connectivity index (χ4v) is 3.61. The summed E-state index contributed by atoms with van der Waals surface area (Å²) in [7, 11) is 0. The molecule has 1 heterocycles. The average Bonchev–Trinajstić information content (AvgIpc) is 2.72. The summed E-state index contributed by atoms with van der Waals surface area (Å²) >= 11 is 6.39. The SMILES string of the molecule is CCOc1ccc(Cc2cc([C@@H]3O[C@H](OCC)[C@@H](O)[C@H](O)[C@H]3O)ccc2Cl)cc1. The molecule has 0 unspecified atom stereocenters. The molecule has 7 heteroatoms. The van der Waals surface area contributed by atoms with Gasteiger partial charge in [0.05, 0.1) is 6.61 Å². The van der Waals surface area contributed by atoms with Crippen molar-refractivity contribution in [3.63, 3.8) is 0 Å². The van der Waals surface area contributed by atoms with E-state index in [-0.39, 0.29) is 0 Å². The van der Waals surface area contributed by atoms with Gasteiger partial charge in [0.2, 0.25) is 0 Å². The van der Waals surface area contributed by atoms with Crippen LogP contribution in [0.3, 0.4) is 0 Å². The zero-order valence-corrected chi connectivity index (χ0v) is 17.2. The smallest absolute Gasteiger partial charge is 0.186 e. The first-order valence-electron chi connectivity index (χ1n) is 9.75. The first-order chi connectivity index (χ1) is 13.9. The van der Waals surface area contributed by atoms with Gasteiger partial charge in [-0.15, -0.1) is 0 Å². The number of benzene rings is 2. The predicted molar refractivity (Wildman–Crippen MR) is 109 cm³/mol. The molecule has 0 spiro atoms. The second-order valence-electron chi connectivity index (χ2n) is 6.96. The highest BCUT2D eigenvalue weighted by Crippen LogP contribution is 2.35. The zero-order chi connectivity index (χ0) is 21.0. The quantitative estimate of drug-likeness (QED) is 0.636. The van der Waals surface area contributed by atoms with E-state index in [1.165, 1.54) is 0 Å². The Morgan fingerprint density at radius 2 is 1.66 bits per heavy atom. The molecule has 0 aromatic heterocycles. The Labute approximate surface area is 175 Å². The van der Waals surface area contributed by atoms with Crippen LogP contribution in [0.25, 0.3) is 0 Å².